The average molecular weight is 407 g/mol. The summed E-state index contributed by atoms with van der Waals surface area (Å²) in [7, 11) is 2.88. The van der Waals surface area contributed by atoms with E-state index in [0.717, 1.165) is 19.3 Å². The van der Waals surface area contributed by atoms with Crippen LogP contribution in [0.15, 0.2) is 6.20 Å². The molecule has 160 valence electrons. The van der Waals surface area contributed by atoms with Crippen LogP contribution in [0, 0.1) is 23.2 Å². The molecule has 1 aliphatic heterocycles. The minimum Gasteiger partial charge on any atom is -0.464 e. The number of ether oxygens (including phenoxy) is 3. The van der Waals surface area contributed by atoms with Crippen molar-refractivity contribution in [1.29, 1.82) is 0 Å². The third-order valence-electron chi connectivity index (χ3n) is 7.30. The summed E-state index contributed by atoms with van der Waals surface area (Å²) in [6, 6.07) is 0. The lowest BCUT2D eigenvalue weighted by atomic mass is 9.52. The van der Waals surface area contributed by atoms with Crippen molar-refractivity contribution in [2.75, 3.05) is 20.8 Å². The molecule has 4 rings (SSSR count). The highest BCUT2D eigenvalue weighted by molar-refractivity contribution is 5.86. The second-order valence-electron chi connectivity index (χ2n) is 9.10. The van der Waals surface area contributed by atoms with Crippen LogP contribution in [-0.2, 0) is 25.5 Å². The SMILES string of the molecule is COC[C@H]1C(=O)O[C@@H]2C[C@@]3(C)CCC[C@](O)(Cn4cc(C(=O)OC)nn4)[C@@H]3C[C@@H]21. The van der Waals surface area contributed by atoms with E-state index in [9.17, 15) is 14.7 Å². The van der Waals surface area contributed by atoms with E-state index in [2.05, 4.69) is 22.0 Å². The minimum absolute atomic E-state index is 0.00960. The molecular weight excluding hydrogens is 378 g/mol. The van der Waals surface area contributed by atoms with E-state index in [1.807, 2.05) is 0 Å². The van der Waals surface area contributed by atoms with Crippen LogP contribution in [-0.4, -0.2) is 64.6 Å². The van der Waals surface area contributed by atoms with Crippen molar-refractivity contribution in [3.63, 3.8) is 0 Å². The molecule has 0 radical (unpaired) electrons. The fourth-order valence-corrected chi connectivity index (χ4v) is 5.96. The Hall–Kier alpha value is -2.00. The monoisotopic (exact) mass is 407 g/mol. The summed E-state index contributed by atoms with van der Waals surface area (Å²) in [6.45, 7) is 2.78. The topological polar surface area (TPSA) is 113 Å². The van der Waals surface area contributed by atoms with Gasteiger partial charge in [0, 0.05) is 13.0 Å². The van der Waals surface area contributed by atoms with E-state index >= 15 is 0 Å². The first-order chi connectivity index (χ1) is 13.8. The molecule has 1 aromatic rings. The van der Waals surface area contributed by atoms with Crippen LogP contribution < -0.4 is 0 Å². The van der Waals surface area contributed by atoms with Crippen molar-refractivity contribution in [3.8, 4) is 0 Å². The number of hydrogen-bond donors (Lipinski definition) is 1. The summed E-state index contributed by atoms with van der Waals surface area (Å²) in [5.41, 5.74) is -1.00. The van der Waals surface area contributed by atoms with Crippen LogP contribution in [0.3, 0.4) is 0 Å². The van der Waals surface area contributed by atoms with E-state index in [0.29, 0.717) is 19.4 Å². The lowest BCUT2D eigenvalue weighted by molar-refractivity contribution is -0.165. The number of carbonyl (C=O) groups excluding carboxylic acids is 2. The lowest BCUT2D eigenvalue weighted by Gasteiger charge is -2.55. The van der Waals surface area contributed by atoms with Crippen molar-refractivity contribution in [3.05, 3.63) is 11.9 Å². The number of methoxy groups -OCH3 is 2. The Labute approximate surface area is 169 Å². The van der Waals surface area contributed by atoms with Gasteiger partial charge >= 0.3 is 11.9 Å². The number of fused-ring (bicyclic) bond motifs is 2. The van der Waals surface area contributed by atoms with Crippen LogP contribution in [0.1, 0.15) is 49.5 Å². The van der Waals surface area contributed by atoms with Crippen molar-refractivity contribution < 1.29 is 28.9 Å². The molecule has 0 bridgehead atoms. The molecule has 3 aliphatic rings. The second-order valence-corrected chi connectivity index (χ2v) is 9.10. The fraction of sp³-hybridized carbons (Fsp3) is 0.800. The molecule has 0 amide bonds. The molecule has 3 fully saturated rings. The van der Waals surface area contributed by atoms with Gasteiger partial charge in [-0.3, -0.25) is 4.79 Å². The van der Waals surface area contributed by atoms with E-state index in [1.54, 1.807) is 7.11 Å². The second kappa shape index (κ2) is 7.36. The average Bonchev–Trinajstić information content (AvgIpc) is 3.24. The van der Waals surface area contributed by atoms with Gasteiger partial charge in [-0.05, 0) is 43.4 Å². The number of hydrogen-bond acceptors (Lipinski definition) is 8. The van der Waals surface area contributed by atoms with E-state index in [-0.39, 0.29) is 47.5 Å². The molecule has 0 unspecified atom stereocenters. The Kier molecular flexibility index (Phi) is 5.14. The standard InChI is InChI=1S/C20H29N3O6/c1-19-5-4-6-20(26,11-23-9-14(21-22-23)18(25)28-3)16(19)7-12-13(10-27-2)17(24)29-15(12)8-19/h9,12-13,15-16,26H,4-8,10-11H2,1-3H3/t12-,13-,15-,16-,19-,20+/m1/s1. The van der Waals surface area contributed by atoms with Crippen LogP contribution in [0.4, 0.5) is 0 Å². The first-order valence-corrected chi connectivity index (χ1v) is 10.2. The van der Waals surface area contributed by atoms with Gasteiger partial charge < -0.3 is 19.3 Å². The van der Waals surface area contributed by atoms with Gasteiger partial charge in [0.15, 0.2) is 5.69 Å². The van der Waals surface area contributed by atoms with Crippen molar-refractivity contribution in [1.82, 2.24) is 15.0 Å². The lowest BCUT2D eigenvalue weighted by Crippen LogP contribution is -2.57. The van der Waals surface area contributed by atoms with E-state index in [4.69, 9.17) is 9.47 Å². The summed E-state index contributed by atoms with van der Waals surface area (Å²) in [5.74, 6) is -0.984. The summed E-state index contributed by atoms with van der Waals surface area (Å²) < 4.78 is 17.2. The number of aliphatic hydroxyl groups is 1. The minimum atomic E-state index is -0.998. The molecule has 1 saturated heterocycles. The molecule has 29 heavy (non-hydrogen) atoms. The Morgan fingerprint density at radius 3 is 2.93 bits per heavy atom. The predicted octanol–water partition coefficient (Wildman–Crippen LogP) is 1.20. The Bertz CT molecular complexity index is 797. The number of rotatable bonds is 5. The van der Waals surface area contributed by atoms with E-state index in [1.165, 1.54) is 18.0 Å². The molecule has 0 aromatic carbocycles. The molecule has 9 nitrogen and oxygen atoms in total. The normalized spacial score (nSPS) is 38.8. The summed E-state index contributed by atoms with van der Waals surface area (Å²) >= 11 is 0. The molecule has 6 atom stereocenters. The van der Waals surface area contributed by atoms with Crippen LogP contribution in [0.25, 0.3) is 0 Å². The van der Waals surface area contributed by atoms with Crippen LogP contribution in [0.5, 0.6) is 0 Å². The van der Waals surface area contributed by atoms with Crippen LogP contribution in [0.2, 0.25) is 0 Å². The highest BCUT2D eigenvalue weighted by atomic mass is 16.6. The molecule has 2 saturated carbocycles. The van der Waals surface area contributed by atoms with Crippen molar-refractivity contribution in [2.45, 2.75) is 57.3 Å². The molecule has 2 heterocycles. The Morgan fingerprint density at radius 1 is 1.41 bits per heavy atom. The number of nitrogens with zero attached hydrogens (tertiary/aromatic N) is 3. The quantitative estimate of drug-likeness (QED) is 0.725. The maximum atomic E-state index is 12.4. The third kappa shape index (κ3) is 3.44. The van der Waals surface area contributed by atoms with Gasteiger partial charge in [-0.2, -0.15) is 0 Å². The molecule has 0 spiro atoms. The Morgan fingerprint density at radius 2 is 2.21 bits per heavy atom. The van der Waals surface area contributed by atoms with Gasteiger partial charge in [0.25, 0.3) is 0 Å². The van der Waals surface area contributed by atoms with Gasteiger partial charge in [0.2, 0.25) is 0 Å². The van der Waals surface area contributed by atoms with E-state index < -0.39 is 11.6 Å². The summed E-state index contributed by atoms with van der Waals surface area (Å²) in [6.07, 6.45) is 5.37. The number of esters is 2. The maximum Gasteiger partial charge on any atom is 0.360 e. The zero-order chi connectivity index (χ0) is 20.8. The maximum absolute atomic E-state index is 12.4. The number of aromatic nitrogens is 3. The number of carbonyl (C=O) groups is 2. The van der Waals surface area contributed by atoms with Gasteiger partial charge in [-0.15, -0.1) is 5.10 Å². The predicted molar refractivity (Wildman–Crippen MR) is 99.7 cm³/mol. The van der Waals surface area contributed by atoms with Crippen molar-refractivity contribution in [2.24, 2.45) is 23.2 Å². The van der Waals surface area contributed by atoms with Gasteiger partial charge in [-0.25, -0.2) is 9.48 Å². The smallest absolute Gasteiger partial charge is 0.360 e. The van der Waals surface area contributed by atoms with Gasteiger partial charge in [-0.1, -0.05) is 12.1 Å². The highest BCUT2D eigenvalue weighted by Crippen LogP contribution is 2.58. The first-order valence-electron chi connectivity index (χ1n) is 10.2. The van der Waals surface area contributed by atoms with Gasteiger partial charge in [0.05, 0.1) is 38.0 Å². The highest BCUT2D eigenvalue weighted by Gasteiger charge is 2.60. The zero-order valence-corrected chi connectivity index (χ0v) is 17.2. The first kappa shape index (κ1) is 20.3. The fourth-order valence-electron chi connectivity index (χ4n) is 5.96. The molecule has 9 heteroatoms. The zero-order valence-electron chi connectivity index (χ0n) is 17.2. The molecule has 1 N–H and O–H groups in total. The molecule has 1 aromatic heterocycles. The molecular formula is C20H29N3O6. The van der Waals surface area contributed by atoms with Gasteiger partial charge in [0.1, 0.15) is 6.10 Å². The summed E-state index contributed by atoms with van der Waals surface area (Å²) in [5, 5.41) is 19.6. The van der Waals surface area contributed by atoms with Crippen LogP contribution >= 0.6 is 0 Å². The Balaban J connectivity index is 1.58. The third-order valence-corrected chi connectivity index (χ3v) is 7.30. The summed E-state index contributed by atoms with van der Waals surface area (Å²) in [4.78, 5) is 24.0. The van der Waals surface area contributed by atoms with Crippen molar-refractivity contribution >= 4 is 11.9 Å². The molecule has 2 aliphatic carbocycles. The largest absolute Gasteiger partial charge is 0.464 e.